The predicted octanol–water partition coefficient (Wildman–Crippen LogP) is 4.20. The molecule has 1 saturated heterocycles. The average Bonchev–Trinajstić information content (AvgIpc) is 3.41. The van der Waals surface area contributed by atoms with E-state index in [4.69, 9.17) is 4.74 Å². The van der Waals surface area contributed by atoms with Crippen LogP contribution in [0, 0.1) is 6.92 Å². The van der Waals surface area contributed by atoms with E-state index in [0.717, 1.165) is 5.56 Å². The van der Waals surface area contributed by atoms with Crippen LogP contribution in [0.4, 0.5) is 5.95 Å². The normalized spacial score (nSPS) is 17.1. The third-order valence-corrected chi connectivity index (χ3v) is 6.09. The van der Waals surface area contributed by atoms with Crippen LogP contribution in [-0.4, -0.2) is 45.0 Å². The summed E-state index contributed by atoms with van der Waals surface area (Å²) in [6.07, 6.45) is 0. The maximum atomic E-state index is 13.3. The number of carbonyl (C=O) groups is 3. The minimum atomic E-state index is -1.11. The second-order valence-electron chi connectivity index (χ2n) is 8.41. The molecular formula is C27H21N3O6. The first-order valence-corrected chi connectivity index (χ1v) is 11.0. The molecule has 1 fully saturated rings. The number of aromatic carboxylic acids is 1. The van der Waals surface area contributed by atoms with Crippen LogP contribution in [-0.2, 0) is 9.59 Å². The van der Waals surface area contributed by atoms with Gasteiger partial charge in [-0.2, -0.15) is 0 Å². The van der Waals surface area contributed by atoms with Crippen LogP contribution in [0.3, 0.4) is 0 Å². The fourth-order valence-electron chi connectivity index (χ4n) is 4.38. The predicted molar refractivity (Wildman–Crippen MR) is 132 cm³/mol. The third-order valence-electron chi connectivity index (χ3n) is 6.09. The lowest BCUT2D eigenvalue weighted by atomic mass is 9.94. The van der Waals surface area contributed by atoms with Gasteiger partial charge in [0.25, 0.3) is 5.78 Å². The number of ether oxygens (including phenoxy) is 1. The Morgan fingerprint density at radius 3 is 2.50 bits per heavy atom. The van der Waals surface area contributed by atoms with Gasteiger partial charge in [0.1, 0.15) is 11.5 Å². The number of carbonyl (C=O) groups excluding carboxylic acids is 2. The van der Waals surface area contributed by atoms with Crippen molar-refractivity contribution in [2.45, 2.75) is 13.0 Å². The van der Waals surface area contributed by atoms with Crippen molar-refractivity contribution in [3.05, 3.63) is 94.6 Å². The van der Waals surface area contributed by atoms with Gasteiger partial charge in [-0.25, -0.2) is 9.78 Å². The highest BCUT2D eigenvalue weighted by atomic mass is 16.5. The number of aliphatic hydroxyl groups is 1. The molecule has 0 bridgehead atoms. The second-order valence-corrected chi connectivity index (χ2v) is 8.41. The topological polar surface area (TPSA) is 133 Å². The number of aromatic amines is 1. The molecule has 0 saturated carbocycles. The number of amides is 1. The van der Waals surface area contributed by atoms with Crippen molar-refractivity contribution in [3.63, 3.8) is 0 Å². The molecule has 180 valence electrons. The fourth-order valence-corrected chi connectivity index (χ4v) is 4.38. The highest BCUT2D eigenvalue weighted by Gasteiger charge is 2.48. The van der Waals surface area contributed by atoms with Gasteiger partial charge in [-0.05, 0) is 42.8 Å². The van der Waals surface area contributed by atoms with Crippen molar-refractivity contribution < 1.29 is 29.3 Å². The van der Waals surface area contributed by atoms with Gasteiger partial charge in [-0.3, -0.25) is 14.5 Å². The summed E-state index contributed by atoms with van der Waals surface area (Å²) in [5, 5.41) is 20.6. The molecule has 3 N–H and O–H groups in total. The number of aryl methyl sites for hydroxylation is 1. The number of methoxy groups -OCH3 is 1. The van der Waals surface area contributed by atoms with Crippen LogP contribution in [0.1, 0.15) is 33.1 Å². The molecule has 0 radical (unpaired) electrons. The van der Waals surface area contributed by atoms with Crippen LogP contribution in [0.2, 0.25) is 0 Å². The van der Waals surface area contributed by atoms with E-state index in [9.17, 15) is 24.6 Å². The number of imidazole rings is 1. The molecule has 1 atom stereocenters. The van der Waals surface area contributed by atoms with E-state index in [-0.39, 0.29) is 22.8 Å². The molecule has 9 heteroatoms. The summed E-state index contributed by atoms with van der Waals surface area (Å²) in [6.45, 7) is 1.88. The number of anilines is 1. The molecule has 1 aliphatic heterocycles. The molecule has 1 unspecified atom stereocenters. The molecule has 2 heterocycles. The van der Waals surface area contributed by atoms with E-state index in [1.165, 1.54) is 30.2 Å². The van der Waals surface area contributed by atoms with Crippen LogP contribution < -0.4 is 9.64 Å². The quantitative estimate of drug-likeness (QED) is 0.220. The van der Waals surface area contributed by atoms with Crippen LogP contribution >= 0.6 is 0 Å². The summed E-state index contributed by atoms with van der Waals surface area (Å²) in [6, 6.07) is 17.2. The number of hydrogen-bond acceptors (Lipinski definition) is 6. The lowest BCUT2D eigenvalue weighted by Crippen LogP contribution is -2.30. The largest absolute Gasteiger partial charge is 0.507 e. The zero-order chi connectivity index (χ0) is 25.6. The number of aliphatic hydroxyl groups excluding tert-OH is 1. The molecule has 1 amide bonds. The molecule has 1 aliphatic rings. The second kappa shape index (κ2) is 8.70. The third kappa shape index (κ3) is 3.76. The van der Waals surface area contributed by atoms with Gasteiger partial charge in [0.05, 0.1) is 35.3 Å². The van der Waals surface area contributed by atoms with Crippen LogP contribution in [0.25, 0.3) is 16.8 Å². The average molecular weight is 483 g/mol. The number of Topliss-reactive ketones (excluding diaryl/α,β-unsaturated/α-hetero) is 1. The smallest absolute Gasteiger partial charge is 0.335 e. The number of aromatic nitrogens is 2. The molecule has 0 aliphatic carbocycles. The molecule has 9 nitrogen and oxygen atoms in total. The monoisotopic (exact) mass is 483 g/mol. The summed E-state index contributed by atoms with van der Waals surface area (Å²) in [5.41, 5.74) is 2.59. The Bertz CT molecular complexity index is 1590. The minimum Gasteiger partial charge on any atom is -0.507 e. The van der Waals surface area contributed by atoms with Gasteiger partial charge in [-0.1, -0.05) is 42.0 Å². The van der Waals surface area contributed by atoms with E-state index in [1.54, 1.807) is 36.4 Å². The molecule has 1 aromatic heterocycles. The highest BCUT2D eigenvalue weighted by Crippen LogP contribution is 2.42. The molecule has 4 aromatic rings. The minimum absolute atomic E-state index is 0.0491. The number of carboxylic acids is 1. The number of fused-ring (bicyclic) bond motifs is 1. The van der Waals surface area contributed by atoms with Crippen molar-refractivity contribution in [1.29, 1.82) is 0 Å². The van der Waals surface area contributed by atoms with Crippen molar-refractivity contribution in [3.8, 4) is 5.75 Å². The summed E-state index contributed by atoms with van der Waals surface area (Å²) < 4.78 is 5.24. The molecule has 0 spiro atoms. The van der Waals surface area contributed by atoms with Crippen LogP contribution in [0.5, 0.6) is 5.75 Å². The number of hydrogen-bond donors (Lipinski definition) is 3. The lowest BCUT2D eigenvalue weighted by molar-refractivity contribution is -0.132. The zero-order valence-corrected chi connectivity index (χ0v) is 19.4. The zero-order valence-electron chi connectivity index (χ0n) is 19.4. The number of nitrogens with zero attached hydrogens (tertiary/aromatic N) is 2. The molecular weight excluding hydrogens is 462 g/mol. The van der Waals surface area contributed by atoms with E-state index in [0.29, 0.717) is 27.9 Å². The summed E-state index contributed by atoms with van der Waals surface area (Å²) in [4.78, 5) is 46.7. The summed E-state index contributed by atoms with van der Waals surface area (Å²) in [5.74, 6) is -2.65. The number of rotatable bonds is 5. The van der Waals surface area contributed by atoms with E-state index >= 15 is 0 Å². The first-order chi connectivity index (χ1) is 17.3. The van der Waals surface area contributed by atoms with Gasteiger partial charge < -0.3 is 19.9 Å². The Hall–Kier alpha value is -4.92. The van der Waals surface area contributed by atoms with E-state index in [2.05, 4.69) is 9.97 Å². The first kappa shape index (κ1) is 22.9. The molecule has 5 rings (SSSR count). The Balaban J connectivity index is 1.72. The van der Waals surface area contributed by atoms with Crippen molar-refractivity contribution in [2.75, 3.05) is 12.0 Å². The Morgan fingerprint density at radius 2 is 1.78 bits per heavy atom. The SMILES string of the molecule is COc1cccc(/C(O)=C2\C(=O)C(=O)N(c3nc4ccc(C(=O)O)cc4[nH]3)C2c2cccc(C)c2)c1. The lowest BCUT2D eigenvalue weighted by Gasteiger charge is -2.23. The van der Waals surface area contributed by atoms with Gasteiger partial charge in [0, 0.05) is 5.56 Å². The molecule has 3 aromatic carbocycles. The van der Waals surface area contributed by atoms with Gasteiger partial charge in [0.2, 0.25) is 5.95 Å². The first-order valence-electron chi connectivity index (χ1n) is 11.0. The van der Waals surface area contributed by atoms with Crippen molar-refractivity contribution in [2.24, 2.45) is 0 Å². The van der Waals surface area contributed by atoms with Crippen LogP contribution in [0.15, 0.2) is 72.3 Å². The number of H-pyrrole nitrogens is 1. The highest BCUT2D eigenvalue weighted by molar-refractivity contribution is 6.51. The Kier molecular flexibility index (Phi) is 5.52. The van der Waals surface area contributed by atoms with Crippen molar-refractivity contribution >= 4 is 40.4 Å². The van der Waals surface area contributed by atoms with Crippen molar-refractivity contribution in [1.82, 2.24) is 9.97 Å². The van der Waals surface area contributed by atoms with Gasteiger partial charge in [0.15, 0.2) is 0 Å². The standard InChI is InChI=1S/C27H21N3O6/c1-14-5-3-6-15(11-14)22-21(23(31)16-7-4-8-18(12-16)36-2)24(32)25(33)30(22)27-28-19-10-9-17(26(34)35)13-20(19)29-27/h3-13,22,31H,1-2H3,(H,28,29)(H,34,35)/b23-21+. The maximum Gasteiger partial charge on any atom is 0.335 e. The molecule has 36 heavy (non-hydrogen) atoms. The maximum absolute atomic E-state index is 13.3. The van der Waals surface area contributed by atoms with E-state index in [1.807, 2.05) is 19.1 Å². The Labute approximate surface area is 205 Å². The summed E-state index contributed by atoms with van der Waals surface area (Å²) >= 11 is 0. The summed E-state index contributed by atoms with van der Waals surface area (Å²) in [7, 11) is 1.49. The van der Waals surface area contributed by atoms with Gasteiger partial charge in [-0.15, -0.1) is 0 Å². The number of nitrogens with one attached hydrogen (secondary N) is 1. The fraction of sp³-hybridized carbons (Fsp3) is 0.111. The number of ketones is 1. The van der Waals surface area contributed by atoms with Gasteiger partial charge >= 0.3 is 11.9 Å². The number of benzene rings is 3. The number of carboxylic acid groups (broad SMARTS) is 1. The Morgan fingerprint density at radius 1 is 1.00 bits per heavy atom. The van der Waals surface area contributed by atoms with E-state index < -0.39 is 23.7 Å².